The number of carbonyl (C=O) groups excluding carboxylic acids is 1. The highest BCUT2D eigenvalue weighted by Crippen LogP contribution is 2.20. The van der Waals surface area contributed by atoms with Crippen LogP contribution in [0.2, 0.25) is 0 Å². The van der Waals surface area contributed by atoms with Crippen LogP contribution >= 0.6 is 0 Å². The molecule has 2 nitrogen and oxygen atoms in total. The van der Waals surface area contributed by atoms with Crippen LogP contribution in [0.5, 0.6) is 0 Å². The van der Waals surface area contributed by atoms with E-state index in [9.17, 15) is 9.90 Å². The van der Waals surface area contributed by atoms with Gasteiger partial charge in [0, 0.05) is 12.3 Å². The molecule has 0 amide bonds. The summed E-state index contributed by atoms with van der Waals surface area (Å²) in [7, 11) is 0. The van der Waals surface area contributed by atoms with E-state index in [1.807, 2.05) is 42.5 Å². The van der Waals surface area contributed by atoms with Crippen LogP contribution in [0, 0.1) is 5.92 Å². The Morgan fingerprint density at radius 2 is 2.06 bits per heavy atom. The molecule has 88 valence electrons. The predicted molar refractivity (Wildman–Crippen MR) is 68.4 cm³/mol. The Hall–Kier alpha value is -1.67. The Morgan fingerprint density at radius 3 is 2.71 bits per heavy atom. The summed E-state index contributed by atoms with van der Waals surface area (Å²) in [5.74, 6) is 0.216. The van der Waals surface area contributed by atoms with Crippen molar-refractivity contribution in [3.63, 3.8) is 0 Å². The number of aliphatic hydroxyl groups excluding tert-OH is 1. The summed E-state index contributed by atoms with van der Waals surface area (Å²) in [6.07, 6.45) is 7.85. The van der Waals surface area contributed by atoms with E-state index in [1.165, 1.54) is 0 Å². The number of carbonyl (C=O) groups is 1. The van der Waals surface area contributed by atoms with Gasteiger partial charge in [-0.15, -0.1) is 0 Å². The average Bonchev–Trinajstić information content (AvgIpc) is 2.38. The largest absolute Gasteiger partial charge is 0.388 e. The standard InChI is InChI=1S/C15H16O2/c16-14-9-7-13(8-10-14)15(17)11-6-12-4-2-1-3-5-12/h1-7,9,11,13,15,17H,8,10H2/t13-,15-/m0/s1. The molecule has 2 atom stereocenters. The molecule has 0 fully saturated rings. The first-order valence-electron chi connectivity index (χ1n) is 5.88. The van der Waals surface area contributed by atoms with Crippen molar-refractivity contribution < 1.29 is 9.90 Å². The number of ketones is 1. The molecule has 0 bridgehead atoms. The van der Waals surface area contributed by atoms with Crippen molar-refractivity contribution in [1.82, 2.24) is 0 Å². The fraction of sp³-hybridized carbons (Fsp3) is 0.267. The maximum atomic E-state index is 11.0. The van der Waals surface area contributed by atoms with Crippen molar-refractivity contribution in [3.05, 3.63) is 54.1 Å². The topological polar surface area (TPSA) is 37.3 Å². The molecule has 2 rings (SSSR count). The summed E-state index contributed by atoms with van der Waals surface area (Å²) >= 11 is 0. The van der Waals surface area contributed by atoms with Crippen molar-refractivity contribution in [2.75, 3.05) is 0 Å². The SMILES string of the molecule is O=C1C=C[C@H]([C@@H](O)C=Cc2ccccc2)CC1. The van der Waals surface area contributed by atoms with Gasteiger partial charge in [0.15, 0.2) is 5.78 Å². The van der Waals surface area contributed by atoms with Crippen LogP contribution in [-0.4, -0.2) is 17.0 Å². The van der Waals surface area contributed by atoms with E-state index in [4.69, 9.17) is 0 Å². The van der Waals surface area contributed by atoms with Gasteiger partial charge in [-0.2, -0.15) is 0 Å². The molecule has 0 unspecified atom stereocenters. The zero-order valence-corrected chi connectivity index (χ0v) is 9.62. The molecule has 17 heavy (non-hydrogen) atoms. The number of benzene rings is 1. The van der Waals surface area contributed by atoms with Gasteiger partial charge in [0.25, 0.3) is 0 Å². The molecular weight excluding hydrogens is 212 g/mol. The van der Waals surface area contributed by atoms with E-state index in [1.54, 1.807) is 12.2 Å². The van der Waals surface area contributed by atoms with Crippen molar-refractivity contribution in [2.45, 2.75) is 18.9 Å². The lowest BCUT2D eigenvalue weighted by Gasteiger charge is -2.19. The number of allylic oxidation sites excluding steroid dienone is 1. The van der Waals surface area contributed by atoms with Crippen molar-refractivity contribution >= 4 is 11.9 Å². The fourth-order valence-electron chi connectivity index (χ4n) is 1.92. The number of aliphatic hydroxyl groups is 1. The Balaban J connectivity index is 1.97. The number of rotatable bonds is 3. The van der Waals surface area contributed by atoms with E-state index in [0.717, 1.165) is 12.0 Å². The van der Waals surface area contributed by atoms with E-state index >= 15 is 0 Å². The predicted octanol–water partition coefficient (Wildman–Crippen LogP) is 2.60. The first kappa shape index (κ1) is 11.8. The Labute approximate surface area is 101 Å². The first-order valence-corrected chi connectivity index (χ1v) is 5.88. The highest BCUT2D eigenvalue weighted by molar-refractivity contribution is 5.90. The summed E-state index contributed by atoms with van der Waals surface area (Å²) in [5, 5.41) is 9.97. The third kappa shape index (κ3) is 3.40. The molecule has 0 spiro atoms. The Kier molecular flexibility index (Phi) is 3.89. The number of hydrogen-bond acceptors (Lipinski definition) is 2. The van der Waals surface area contributed by atoms with Crippen LogP contribution in [0.4, 0.5) is 0 Å². The minimum atomic E-state index is -0.514. The van der Waals surface area contributed by atoms with Gasteiger partial charge in [-0.3, -0.25) is 4.79 Å². The zero-order chi connectivity index (χ0) is 12.1. The molecule has 1 aromatic rings. The van der Waals surface area contributed by atoms with Crippen LogP contribution in [0.1, 0.15) is 18.4 Å². The van der Waals surface area contributed by atoms with Gasteiger partial charge in [-0.1, -0.05) is 48.6 Å². The minimum Gasteiger partial charge on any atom is -0.388 e. The van der Waals surface area contributed by atoms with Crippen LogP contribution in [0.3, 0.4) is 0 Å². The van der Waals surface area contributed by atoms with Gasteiger partial charge >= 0.3 is 0 Å². The van der Waals surface area contributed by atoms with E-state index in [2.05, 4.69) is 0 Å². The molecule has 1 aliphatic carbocycles. The molecule has 1 N–H and O–H groups in total. The minimum absolute atomic E-state index is 0.0627. The van der Waals surface area contributed by atoms with E-state index in [-0.39, 0.29) is 11.7 Å². The summed E-state index contributed by atoms with van der Waals surface area (Å²) < 4.78 is 0. The summed E-state index contributed by atoms with van der Waals surface area (Å²) in [6, 6.07) is 9.87. The molecule has 1 aromatic carbocycles. The maximum Gasteiger partial charge on any atom is 0.155 e. The van der Waals surface area contributed by atoms with Crippen molar-refractivity contribution in [1.29, 1.82) is 0 Å². The fourth-order valence-corrected chi connectivity index (χ4v) is 1.92. The highest BCUT2D eigenvalue weighted by atomic mass is 16.3. The van der Waals surface area contributed by atoms with Gasteiger partial charge in [-0.05, 0) is 18.1 Å². The molecule has 0 heterocycles. The summed E-state index contributed by atoms with van der Waals surface area (Å²) in [6.45, 7) is 0. The highest BCUT2D eigenvalue weighted by Gasteiger charge is 2.18. The van der Waals surface area contributed by atoms with Crippen LogP contribution in [0.15, 0.2) is 48.6 Å². The Bertz CT molecular complexity index is 431. The molecule has 0 aliphatic heterocycles. The van der Waals surface area contributed by atoms with E-state index < -0.39 is 6.10 Å². The van der Waals surface area contributed by atoms with Gasteiger partial charge in [0.1, 0.15) is 0 Å². The molecule has 0 aromatic heterocycles. The van der Waals surface area contributed by atoms with E-state index in [0.29, 0.717) is 6.42 Å². The molecule has 0 saturated heterocycles. The second-order valence-electron chi connectivity index (χ2n) is 4.29. The van der Waals surface area contributed by atoms with Gasteiger partial charge in [0.2, 0.25) is 0 Å². The maximum absolute atomic E-state index is 11.0. The first-order chi connectivity index (χ1) is 8.25. The number of hydrogen-bond donors (Lipinski definition) is 1. The zero-order valence-electron chi connectivity index (χ0n) is 9.62. The normalized spacial score (nSPS) is 21.9. The molecular formula is C15H16O2. The third-order valence-corrected chi connectivity index (χ3v) is 2.98. The molecule has 0 radical (unpaired) electrons. The van der Waals surface area contributed by atoms with Gasteiger partial charge < -0.3 is 5.11 Å². The lowest BCUT2D eigenvalue weighted by atomic mass is 9.90. The third-order valence-electron chi connectivity index (χ3n) is 2.98. The second-order valence-corrected chi connectivity index (χ2v) is 4.29. The summed E-state index contributed by atoms with van der Waals surface area (Å²) in [5.41, 5.74) is 1.07. The van der Waals surface area contributed by atoms with Crippen molar-refractivity contribution in [3.8, 4) is 0 Å². The summed E-state index contributed by atoms with van der Waals surface area (Å²) in [4.78, 5) is 11.0. The molecule has 1 aliphatic rings. The lowest BCUT2D eigenvalue weighted by molar-refractivity contribution is -0.115. The van der Waals surface area contributed by atoms with Crippen LogP contribution < -0.4 is 0 Å². The van der Waals surface area contributed by atoms with Gasteiger partial charge in [-0.25, -0.2) is 0 Å². The van der Waals surface area contributed by atoms with Gasteiger partial charge in [0.05, 0.1) is 6.10 Å². The monoisotopic (exact) mass is 228 g/mol. The Morgan fingerprint density at radius 1 is 1.29 bits per heavy atom. The quantitative estimate of drug-likeness (QED) is 0.863. The van der Waals surface area contributed by atoms with Crippen molar-refractivity contribution in [2.24, 2.45) is 5.92 Å². The molecule has 0 saturated carbocycles. The molecule has 2 heteroatoms. The van der Waals surface area contributed by atoms with Crippen LogP contribution in [-0.2, 0) is 4.79 Å². The second kappa shape index (κ2) is 5.60. The van der Waals surface area contributed by atoms with Crippen LogP contribution in [0.25, 0.3) is 6.08 Å². The average molecular weight is 228 g/mol. The smallest absolute Gasteiger partial charge is 0.155 e. The lowest BCUT2D eigenvalue weighted by Crippen LogP contribution is -2.20.